The van der Waals surface area contributed by atoms with Gasteiger partial charge in [0.1, 0.15) is 6.10 Å². The number of hydrogen-bond acceptors (Lipinski definition) is 5. The lowest BCUT2D eigenvalue weighted by Gasteiger charge is -2.23. The van der Waals surface area contributed by atoms with Crippen LogP contribution in [0.5, 0.6) is 0 Å². The van der Waals surface area contributed by atoms with Crippen molar-refractivity contribution < 1.29 is 24.9 Å². The second-order valence-corrected chi connectivity index (χ2v) is 7.47. The topological polar surface area (TPSA) is 94.8 Å². The van der Waals surface area contributed by atoms with Gasteiger partial charge in [-0.15, -0.1) is 0 Å². The van der Waals surface area contributed by atoms with E-state index in [0.29, 0.717) is 6.42 Å². The molecule has 0 fully saturated rings. The van der Waals surface area contributed by atoms with Crippen LogP contribution in [0, 0.1) is 0 Å². The van der Waals surface area contributed by atoms with Crippen molar-refractivity contribution in [2.75, 3.05) is 6.61 Å². The number of carbonyl (C=O) groups is 2. The van der Waals surface area contributed by atoms with Crippen molar-refractivity contribution >= 4 is 12.1 Å². The quantitative estimate of drug-likeness (QED) is 0.178. The number of Topliss-reactive ketones (excluding diaryl/α,β-unsaturated/α-hetero) is 1. The van der Waals surface area contributed by atoms with Crippen LogP contribution in [0.15, 0.2) is 12.2 Å². The number of hydrogen-bond donors (Lipinski definition) is 3. The summed E-state index contributed by atoms with van der Waals surface area (Å²) in [6.45, 7) is 1.27. The third-order valence-corrected chi connectivity index (χ3v) is 4.92. The lowest BCUT2D eigenvalue weighted by molar-refractivity contribution is -0.156. The molecule has 0 aliphatic heterocycles. The van der Waals surface area contributed by atoms with Crippen molar-refractivity contribution in [2.45, 2.75) is 109 Å². The highest BCUT2D eigenvalue weighted by atomic mass is 16.4. The molecule has 5 heteroatoms. The molecule has 0 aliphatic rings. The fraction of sp³-hybridized carbons (Fsp3) is 0.818. The fourth-order valence-electron chi connectivity index (χ4n) is 2.97. The maximum Gasteiger partial charge on any atom is 0.175 e. The number of rotatable bonds is 19. The zero-order chi connectivity index (χ0) is 20.4. The molecule has 0 rings (SSSR count). The largest absolute Gasteiger partial charge is 0.393 e. The molecule has 2 unspecified atom stereocenters. The first kappa shape index (κ1) is 26.0. The van der Waals surface area contributed by atoms with E-state index >= 15 is 0 Å². The number of ketones is 1. The Morgan fingerprint density at radius 2 is 1.37 bits per heavy atom. The van der Waals surface area contributed by atoms with E-state index in [1.165, 1.54) is 44.9 Å². The number of carbonyl (C=O) groups excluding carboxylic acids is 2. The molecule has 2 atom stereocenters. The van der Waals surface area contributed by atoms with Gasteiger partial charge >= 0.3 is 0 Å². The molecule has 0 aromatic heterocycles. The number of aliphatic hydroxyl groups excluding tert-OH is 2. The van der Waals surface area contributed by atoms with Gasteiger partial charge in [-0.3, -0.25) is 9.59 Å². The molecule has 0 aromatic carbocycles. The summed E-state index contributed by atoms with van der Waals surface area (Å²) in [7, 11) is 0. The molecule has 5 nitrogen and oxygen atoms in total. The number of allylic oxidation sites excluding steroid dienone is 2. The summed E-state index contributed by atoms with van der Waals surface area (Å²) in [4.78, 5) is 22.4. The zero-order valence-electron chi connectivity index (χ0n) is 17.1. The highest BCUT2D eigenvalue weighted by molar-refractivity contribution is 5.88. The molecular weight excluding hydrogens is 344 g/mol. The molecule has 0 amide bonds. The minimum atomic E-state index is -2.38. The summed E-state index contributed by atoms with van der Waals surface area (Å²) in [5.74, 6) is -0.601. The van der Waals surface area contributed by atoms with Gasteiger partial charge in [-0.2, -0.15) is 0 Å². The molecule has 0 aliphatic carbocycles. The van der Waals surface area contributed by atoms with Gasteiger partial charge in [-0.25, -0.2) is 0 Å². The van der Waals surface area contributed by atoms with E-state index in [1.54, 1.807) is 0 Å². The van der Waals surface area contributed by atoms with Crippen LogP contribution in [0.1, 0.15) is 96.8 Å². The van der Waals surface area contributed by atoms with Gasteiger partial charge in [0.25, 0.3) is 0 Å². The molecule has 0 spiro atoms. The van der Waals surface area contributed by atoms with E-state index in [0.717, 1.165) is 32.1 Å². The Bertz CT molecular complexity index is 408. The van der Waals surface area contributed by atoms with E-state index in [-0.39, 0.29) is 12.7 Å². The molecule has 158 valence electrons. The van der Waals surface area contributed by atoms with Crippen LogP contribution >= 0.6 is 0 Å². The third kappa shape index (κ3) is 12.9. The molecule has 0 aromatic rings. The van der Waals surface area contributed by atoms with E-state index in [4.69, 9.17) is 5.11 Å². The lowest BCUT2D eigenvalue weighted by atomic mass is 9.93. The van der Waals surface area contributed by atoms with Gasteiger partial charge in [0.2, 0.25) is 0 Å². The first-order valence-corrected chi connectivity index (χ1v) is 10.7. The molecule has 27 heavy (non-hydrogen) atoms. The average molecular weight is 385 g/mol. The monoisotopic (exact) mass is 384 g/mol. The van der Waals surface area contributed by atoms with Crippen LogP contribution in [0.25, 0.3) is 0 Å². The van der Waals surface area contributed by atoms with E-state index in [1.807, 2.05) is 0 Å². The standard InChI is InChI=1S/C22H40O5/c1-2-3-4-5-6-7-8-9-10-11-12-13-14-15-16-17-20(25)21(26)22(27,18-23)19-24/h9-10,18,21,24,26-27H,2-8,11-17,19H2,1H3. The molecule has 3 N–H and O–H groups in total. The van der Waals surface area contributed by atoms with Crippen LogP contribution in [0.2, 0.25) is 0 Å². The van der Waals surface area contributed by atoms with E-state index < -0.39 is 24.1 Å². The number of aldehydes is 1. The maximum absolute atomic E-state index is 11.8. The van der Waals surface area contributed by atoms with Crippen molar-refractivity contribution in [2.24, 2.45) is 0 Å². The summed E-state index contributed by atoms with van der Waals surface area (Å²) >= 11 is 0. The number of aliphatic hydroxyl groups is 3. The highest BCUT2D eigenvalue weighted by Crippen LogP contribution is 2.14. The second-order valence-electron chi connectivity index (χ2n) is 7.47. The summed E-state index contributed by atoms with van der Waals surface area (Å²) < 4.78 is 0. The van der Waals surface area contributed by atoms with Gasteiger partial charge in [-0.1, -0.05) is 70.4 Å². The molecule has 0 saturated heterocycles. The summed E-state index contributed by atoms with van der Waals surface area (Å²) in [5, 5.41) is 28.2. The van der Waals surface area contributed by atoms with Gasteiger partial charge in [0, 0.05) is 6.42 Å². The summed E-state index contributed by atoms with van der Waals surface area (Å²) in [6.07, 6.45) is 17.9. The Morgan fingerprint density at radius 3 is 1.85 bits per heavy atom. The first-order chi connectivity index (χ1) is 13.0. The smallest absolute Gasteiger partial charge is 0.175 e. The van der Waals surface area contributed by atoms with Crippen molar-refractivity contribution in [3.63, 3.8) is 0 Å². The maximum atomic E-state index is 11.8. The Morgan fingerprint density at radius 1 is 0.889 bits per heavy atom. The van der Waals surface area contributed by atoms with Gasteiger partial charge in [0.15, 0.2) is 17.7 Å². The van der Waals surface area contributed by atoms with Crippen LogP contribution in [-0.4, -0.2) is 45.7 Å². The van der Waals surface area contributed by atoms with Crippen molar-refractivity contribution in [1.82, 2.24) is 0 Å². The van der Waals surface area contributed by atoms with Crippen LogP contribution in [0.3, 0.4) is 0 Å². The lowest BCUT2D eigenvalue weighted by Crippen LogP contribution is -2.51. The Labute approximate surface area is 164 Å². The predicted molar refractivity (Wildman–Crippen MR) is 109 cm³/mol. The van der Waals surface area contributed by atoms with Gasteiger partial charge in [0.05, 0.1) is 6.61 Å². The fourth-order valence-corrected chi connectivity index (χ4v) is 2.97. The molecular formula is C22H40O5. The third-order valence-electron chi connectivity index (χ3n) is 4.92. The van der Waals surface area contributed by atoms with Crippen LogP contribution < -0.4 is 0 Å². The van der Waals surface area contributed by atoms with E-state index in [9.17, 15) is 19.8 Å². The summed E-state index contributed by atoms with van der Waals surface area (Å²) in [5.41, 5.74) is -2.38. The average Bonchev–Trinajstić information content (AvgIpc) is 2.69. The zero-order valence-corrected chi connectivity index (χ0v) is 17.1. The van der Waals surface area contributed by atoms with Gasteiger partial charge in [-0.05, 0) is 32.1 Å². The first-order valence-electron chi connectivity index (χ1n) is 10.7. The normalized spacial score (nSPS) is 15.0. The minimum absolute atomic E-state index is 0.0234. The number of unbranched alkanes of at least 4 members (excludes halogenated alkanes) is 11. The van der Waals surface area contributed by atoms with Crippen molar-refractivity contribution in [3.8, 4) is 0 Å². The van der Waals surface area contributed by atoms with Crippen molar-refractivity contribution in [1.29, 1.82) is 0 Å². The predicted octanol–water partition coefficient (Wildman–Crippen LogP) is 3.88. The van der Waals surface area contributed by atoms with Crippen LogP contribution in [0.4, 0.5) is 0 Å². The van der Waals surface area contributed by atoms with Crippen molar-refractivity contribution in [3.05, 3.63) is 12.2 Å². The Balaban J connectivity index is 3.53. The SMILES string of the molecule is CCCCCCCCC=CCCCCCCCC(=O)C(O)C(O)(C=O)CO. The minimum Gasteiger partial charge on any atom is -0.393 e. The summed E-state index contributed by atoms with van der Waals surface area (Å²) in [6, 6.07) is 0. The molecule has 0 radical (unpaired) electrons. The van der Waals surface area contributed by atoms with E-state index in [2.05, 4.69) is 19.1 Å². The molecule has 0 saturated carbocycles. The molecule has 0 heterocycles. The highest BCUT2D eigenvalue weighted by Gasteiger charge is 2.39. The van der Waals surface area contributed by atoms with Gasteiger partial charge < -0.3 is 15.3 Å². The van der Waals surface area contributed by atoms with Crippen LogP contribution in [-0.2, 0) is 9.59 Å². The second kappa shape index (κ2) is 17.1. The molecule has 0 bridgehead atoms. The Kier molecular flexibility index (Phi) is 16.4. The Hall–Kier alpha value is -1.04.